The van der Waals surface area contributed by atoms with E-state index in [-0.39, 0.29) is 12.6 Å². The van der Waals surface area contributed by atoms with Crippen molar-refractivity contribution in [3.8, 4) is 0 Å². The van der Waals surface area contributed by atoms with Crippen molar-refractivity contribution in [1.82, 2.24) is 15.6 Å². The summed E-state index contributed by atoms with van der Waals surface area (Å²) >= 11 is 0. The van der Waals surface area contributed by atoms with Gasteiger partial charge in [-0.05, 0) is 29.8 Å². The summed E-state index contributed by atoms with van der Waals surface area (Å²) in [5.41, 5.74) is 1.65. The Morgan fingerprint density at radius 1 is 1.08 bits per heavy atom. The fraction of sp³-hybridized carbons (Fsp3) is 0.158. The summed E-state index contributed by atoms with van der Waals surface area (Å²) in [5, 5.41) is 15.5. The van der Waals surface area contributed by atoms with E-state index in [2.05, 4.69) is 15.6 Å². The molecule has 6 heteroatoms. The molecule has 2 unspecified atom stereocenters. The summed E-state index contributed by atoms with van der Waals surface area (Å²) in [6, 6.07) is 17.7. The van der Waals surface area contributed by atoms with E-state index in [4.69, 9.17) is 4.42 Å². The van der Waals surface area contributed by atoms with E-state index in [1.807, 2.05) is 48.5 Å². The maximum absolute atomic E-state index is 12.3. The van der Waals surface area contributed by atoms with Gasteiger partial charge in [-0.1, -0.05) is 36.4 Å². The van der Waals surface area contributed by atoms with Gasteiger partial charge >= 0.3 is 6.03 Å². The van der Waals surface area contributed by atoms with Gasteiger partial charge in [0, 0.05) is 6.20 Å². The lowest BCUT2D eigenvalue weighted by atomic mass is 10.0. The molecule has 0 saturated carbocycles. The third-order valence-corrected chi connectivity index (χ3v) is 3.72. The normalized spacial score (nSPS) is 13.0. The smallest absolute Gasteiger partial charge is 0.315 e. The molecule has 0 radical (unpaired) electrons. The monoisotopic (exact) mass is 337 g/mol. The van der Waals surface area contributed by atoms with Crippen LogP contribution in [0.3, 0.4) is 0 Å². The highest BCUT2D eigenvalue weighted by molar-refractivity contribution is 5.75. The Labute approximate surface area is 145 Å². The van der Waals surface area contributed by atoms with Crippen LogP contribution in [0.25, 0.3) is 0 Å². The van der Waals surface area contributed by atoms with Gasteiger partial charge in [-0.15, -0.1) is 0 Å². The standard InChI is InChI=1S/C19H19N3O3/c23-16(17-10-6-12-25-17)13-21-19(24)22-18(14-7-2-1-3-8-14)15-9-4-5-11-20-15/h1-12,16,18,23H,13H2,(H2,21,22,24). The fourth-order valence-electron chi connectivity index (χ4n) is 2.47. The molecule has 0 bridgehead atoms. The molecule has 0 aliphatic rings. The number of carbonyl (C=O) groups excluding carboxylic acids is 1. The lowest BCUT2D eigenvalue weighted by Crippen LogP contribution is -2.40. The molecule has 3 N–H and O–H groups in total. The second-order valence-electron chi connectivity index (χ2n) is 5.48. The minimum absolute atomic E-state index is 0.0447. The largest absolute Gasteiger partial charge is 0.467 e. The number of urea groups is 1. The van der Waals surface area contributed by atoms with Gasteiger partial charge in [0.05, 0.1) is 24.5 Å². The van der Waals surface area contributed by atoms with Gasteiger partial charge in [-0.3, -0.25) is 4.98 Å². The Balaban J connectivity index is 1.67. The highest BCUT2D eigenvalue weighted by Crippen LogP contribution is 2.19. The Bertz CT molecular complexity index is 737. The van der Waals surface area contributed by atoms with Crippen LogP contribution in [0, 0.1) is 0 Å². The molecule has 0 saturated heterocycles. The van der Waals surface area contributed by atoms with Crippen LogP contribution < -0.4 is 10.6 Å². The Kier molecular flexibility index (Phi) is 5.43. The molecule has 25 heavy (non-hydrogen) atoms. The Hall–Kier alpha value is -3.12. The molecule has 3 rings (SSSR count). The number of nitrogens with one attached hydrogen (secondary N) is 2. The SMILES string of the molecule is O=C(NCC(O)c1ccco1)NC(c1ccccc1)c1ccccn1. The molecule has 0 spiro atoms. The molecule has 2 amide bonds. The number of benzene rings is 1. The maximum atomic E-state index is 12.3. The first kappa shape index (κ1) is 16.7. The van der Waals surface area contributed by atoms with Gasteiger partial charge in [0.15, 0.2) is 0 Å². The van der Waals surface area contributed by atoms with Crippen LogP contribution in [0.1, 0.15) is 29.2 Å². The van der Waals surface area contributed by atoms with Gasteiger partial charge in [0.1, 0.15) is 11.9 Å². The van der Waals surface area contributed by atoms with Crippen molar-refractivity contribution in [3.63, 3.8) is 0 Å². The number of pyridine rings is 1. The lowest BCUT2D eigenvalue weighted by molar-refractivity contribution is 0.147. The number of aliphatic hydroxyl groups excluding tert-OH is 1. The molecule has 0 fully saturated rings. The van der Waals surface area contributed by atoms with Gasteiger partial charge in [-0.2, -0.15) is 0 Å². The van der Waals surface area contributed by atoms with Crippen molar-refractivity contribution in [1.29, 1.82) is 0 Å². The number of furan rings is 1. The van der Waals surface area contributed by atoms with E-state index in [1.54, 1.807) is 18.3 Å². The van der Waals surface area contributed by atoms with Crippen molar-refractivity contribution in [2.45, 2.75) is 12.1 Å². The zero-order valence-corrected chi connectivity index (χ0v) is 13.5. The quantitative estimate of drug-likeness (QED) is 0.645. The van der Waals surface area contributed by atoms with Crippen LogP contribution in [0.4, 0.5) is 4.79 Å². The second kappa shape index (κ2) is 8.12. The first-order valence-electron chi connectivity index (χ1n) is 7.96. The summed E-state index contributed by atoms with van der Waals surface area (Å²) < 4.78 is 5.12. The minimum Gasteiger partial charge on any atom is -0.467 e. The fourth-order valence-corrected chi connectivity index (χ4v) is 2.47. The number of amides is 2. The van der Waals surface area contributed by atoms with E-state index in [0.717, 1.165) is 11.3 Å². The molecule has 2 aromatic heterocycles. The number of aliphatic hydroxyl groups is 1. The molecule has 0 aliphatic carbocycles. The molecular formula is C19H19N3O3. The summed E-state index contributed by atoms with van der Waals surface area (Å²) in [7, 11) is 0. The molecule has 128 valence electrons. The third-order valence-electron chi connectivity index (χ3n) is 3.72. The number of nitrogens with zero attached hydrogens (tertiary/aromatic N) is 1. The van der Waals surface area contributed by atoms with Crippen LogP contribution in [0.2, 0.25) is 0 Å². The molecule has 2 atom stereocenters. The second-order valence-corrected chi connectivity index (χ2v) is 5.48. The molecule has 6 nitrogen and oxygen atoms in total. The van der Waals surface area contributed by atoms with Crippen LogP contribution in [0.5, 0.6) is 0 Å². The highest BCUT2D eigenvalue weighted by Gasteiger charge is 2.18. The van der Waals surface area contributed by atoms with Crippen molar-refractivity contribution in [3.05, 3.63) is 90.1 Å². The van der Waals surface area contributed by atoms with Crippen molar-refractivity contribution < 1.29 is 14.3 Å². The summed E-state index contributed by atoms with van der Waals surface area (Å²) in [6.07, 6.45) is 2.27. The van der Waals surface area contributed by atoms with Gasteiger partial charge < -0.3 is 20.2 Å². The summed E-state index contributed by atoms with van der Waals surface area (Å²) in [4.78, 5) is 16.6. The lowest BCUT2D eigenvalue weighted by Gasteiger charge is -2.19. The average molecular weight is 337 g/mol. The molecule has 0 aliphatic heterocycles. The predicted molar refractivity (Wildman–Crippen MR) is 92.7 cm³/mol. The van der Waals surface area contributed by atoms with Crippen molar-refractivity contribution in [2.75, 3.05) is 6.54 Å². The van der Waals surface area contributed by atoms with Gasteiger partial charge in [0.2, 0.25) is 0 Å². The van der Waals surface area contributed by atoms with E-state index in [1.165, 1.54) is 6.26 Å². The molecule has 3 aromatic rings. The zero-order chi connectivity index (χ0) is 17.5. The topological polar surface area (TPSA) is 87.4 Å². The van der Waals surface area contributed by atoms with Crippen LogP contribution in [-0.4, -0.2) is 22.7 Å². The highest BCUT2D eigenvalue weighted by atomic mass is 16.4. The third kappa shape index (κ3) is 4.45. The van der Waals surface area contributed by atoms with Crippen LogP contribution in [-0.2, 0) is 0 Å². The minimum atomic E-state index is -0.897. The Morgan fingerprint density at radius 2 is 1.88 bits per heavy atom. The Morgan fingerprint density at radius 3 is 2.56 bits per heavy atom. The number of hydrogen-bond acceptors (Lipinski definition) is 4. The van der Waals surface area contributed by atoms with E-state index in [9.17, 15) is 9.90 Å². The van der Waals surface area contributed by atoms with E-state index < -0.39 is 12.1 Å². The van der Waals surface area contributed by atoms with E-state index >= 15 is 0 Å². The van der Waals surface area contributed by atoms with Crippen LogP contribution >= 0.6 is 0 Å². The number of rotatable bonds is 6. The van der Waals surface area contributed by atoms with Crippen LogP contribution in [0.15, 0.2) is 77.5 Å². The summed E-state index contributed by atoms with van der Waals surface area (Å²) in [5.74, 6) is 0.407. The predicted octanol–water partition coefficient (Wildman–Crippen LogP) is 2.80. The number of aromatic nitrogens is 1. The van der Waals surface area contributed by atoms with Crippen molar-refractivity contribution in [2.24, 2.45) is 0 Å². The number of hydrogen-bond donors (Lipinski definition) is 3. The molecule has 1 aromatic carbocycles. The zero-order valence-electron chi connectivity index (χ0n) is 13.5. The maximum Gasteiger partial charge on any atom is 0.315 e. The first-order valence-corrected chi connectivity index (χ1v) is 7.96. The average Bonchev–Trinajstić information content (AvgIpc) is 3.20. The van der Waals surface area contributed by atoms with Gasteiger partial charge in [0.25, 0.3) is 0 Å². The number of carbonyl (C=O) groups is 1. The molecule has 2 heterocycles. The summed E-state index contributed by atoms with van der Waals surface area (Å²) in [6.45, 7) is 0.0447. The van der Waals surface area contributed by atoms with Gasteiger partial charge in [-0.25, -0.2) is 4.79 Å². The van der Waals surface area contributed by atoms with E-state index in [0.29, 0.717) is 5.76 Å². The molecular weight excluding hydrogens is 318 g/mol. The van der Waals surface area contributed by atoms with Crippen molar-refractivity contribution >= 4 is 6.03 Å². The first-order chi connectivity index (χ1) is 12.2.